The number of fused-ring (bicyclic) bond motifs is 2. The van der Waals surface area contributed by atoms with Gasteiger partial charge in [-0.3, -0.25) is 4.55 Å². The summed E-state index contributed by atoms with van der Waals surface area (Å²) in [6, 6.07) is 0. The van der Waals surface area contributed by atoms with Crippen LogP contribution in [0.5, 0.6) is 0 Å². The summed E-state index contributed by atoms with van der Waals surface area (Å²) in [4.78, 5) is 0.242. The van der Waals surface area contributed by atoms with Gasteiger partial charge in [0, 0.05) is 5.41 Å². The van der Waals surface area contributed by atoms with Crippen LogP contribution in [-0.4, -0.2) is 13.0 Å². The Bertz CT molecular complexity index is 405. The molecule has 14 heavy (non-hydrogen) atoms. The largest absolute Gasteiger partial charge is 0.290 e. The lowest BCUT2D eigenvalue weighted by Gasteiger charge is -2.36. The van der Waals surface area contributed by atoms with E-state index in [-0.39, 0.29) is 15.7 Å². The molecule has 2 unspecified atom stereocenters. The third-order valence-corrected chi connectivity index (χ3v) is 5.62. The summed E-state index contributed by atoms with van der Waals surface area (Å²) in [5.74, 6) is 0.296. The average Bonchev–Trinajstić information content (AvgIpc) is 2.32. The van der Waals surface area contributed by atoms with Crippen molar-refractivity contribution in [3.63, 3.8) is 0 Å². The lowest BCUT2D eigenvalue weighted by atomic mass is 9.70. The molecule has 1 saturated carbocycles. The molecule has 0 aromatic heterocycles. The Morgan fingerprint density at radius 3 is 2.21 bits per heavy atom. The Morgan fingerprint density at radius 2 is 2.00 bits per heavy atom. The van der Waals surface area contributed by atoms with Gasteiger partial charge in [-0.2, -0.15) is 8.42 Å². The van der Waals surface area contributed by atoms with Crippen LogP contribution in [0.1, 0.15) is 33.6 Å². The van der Waals surface area contributed by atoms with E-state index in [0.717, 1.165) is 12.8 Å². The Balaban J connectivity index is 2.58. The molecule has 2 rings (SSSR count). The zero-order valence-electron chi connectivity index (χ0n) is 8.74. The lowest BCUT2D eigenvalue weighted by Crippen LogP contribution is -2.32. The summed E-state index contributed by atoms with van der Waals surface area (Å²) >= 11 is 0. The second-order valence-electron chi connectivity index (χ2n) is 5.20. The van der Waals surface area contributed by atoms with E-state index < -0.39 is 10.1 Å². The topological polar surface area (TPSA) is 54.4 Å². The van der Waals surface area contributed by atoms with Gasteiger partial charge in [0.05, 0.1) is 4.91 Å². The van der Waals surface area contributed by atoms with Crippen molar-refractivity contribution in [2.45, 2.75) is 33.6 Å². The second kappa shape index (κ2) is 2.42. The molecular weight excluding hydrogens is 200 g/mol. The summed E-state index contributed by atoms with van der Waals surface area (Å²) < 4.78 is 31.5. The van der Waals surface area contributed by atoms with Crippen LogP contribution in [0.2, 0.25) is 0 Å². The molecule has 2 aliphatic rings. The van der Waals surface area contributed by atoms with Gasteiger partial charge in [0.25, 0.3) is 10.1 Å². The van der Waals surface area contributed by atoms with Crippen molar-refractivity contribution in [1.82, 2.24) is 0 Å². The quantitative estimate of drug-likeness (QED) is 0.684. The van der Waals surface area contributed by atoms with E-state index >= 15 is 0 Å². The summed E-state index contributed by atoms with van der Waals surface area (Å²) in [5.41, 5.74) is -0.413. The van der Waals surface area contributed by atoms with Crippen molar-refractivity contribution in [1.29, 1.82) is 0 Å². The molecule has 0 saturated heterocycles. The third-order valence-electron chi connectivity index (χ3n) is 4.48. The minimum atomic E-state index is -4.00. The van der Waals surface area contributed by atoms with Crippen LogP contribution in [0, 0.1) is 16.7 Å². The van der Waals surface area contributed by atoms with Gasteiger partial charge < -0.3 is 0 Å². The number of rotatable bonds is 1. The second-order valence-corrected chi connectivity index (χ2v) is 6.59. The van der Waals surface area contributed by atoms with Gasteiger partial charge in [0.2, 0.25) is 0 Å². The molecule has 0 aromatic rings. The van der Waals surface area contributed by atoms with Gasteiger partial charge in [-0.05, 0) is 24.2 Å². The van der Waals surface area contributed by atoms with Crippen LogP contribution in [0.25, 0.3) is 0 Å². The van der Waals surface area contributed by atoms with E-state index in [1.165, 1.54) is 0 Å². The maximum Gasteiger partial charge on any atom is 0.290 e. The molecule has 0 aromatic carbocycles. The van der Waals surface area contributed by atoms with Crippen LogP contribution >= 0.6 is 0 Å². The van der Waals surface area contributed by atoms with E-state index in [9.17, 15) is 8.42 Å². The number of hydrogen-bond acceptors (Lipinski definition) is 2. The van der Waals surface area contributed by atoms with Gasteiger partial charge in [-0.1, -0.05) is 26.8 Å². The fourth-order valence-corrected chi connectivity index (χ4v) is 4.28. The average molecular weight is 216 g/mol. The van der Waals surface area contributed by atoms with Crippen molar-refractivity contribution in [2.24, 2.45) is 16.7 Å². The molecule has 2 aliphatic carbocycles. The van der Waals surface area contributed by atoms with Crippen LogP contribution in [0.4, 0.5) is 0 Å². The van der Waals surface area contributed by atoms with Gasteiger partial charge in [-0.25, -0.2) is 0 Å². The Labute approximate surface area is 85.0 Å². The van der Waals surface area contributed by atoms with Crippen LogP contribution in [0.15, 0.2) is 11.0 Å². The highest BCUT2D eigenvalue weighted by Crippen LogP contribution is 2.65. The molecule has 1 fully saturated rings. The van der Waals surface area contributed by atoms with Gasteiger partial charge in [0.15, 0.2) is 0 Å². The maximum atomic E-state index is 11.2. The van der Waals surface area contributed by atoms with Crippen LogP contribution in [0.3, 0.4) is 0 Å². The van der Waals surface area contributed by atoms with Crippen molar-refractivity contribution >= 4 is 10.1 Å². The SMILES string of the molecule is CC12CCC(C=C1S(=O)(=O)O)C2(C)C. The zero-order valence-corrected chi connectivity index (χ0v) is 9.56. The van der Waals surface area contributed by atoms with Crippen molar-refractivity contribution < 1.29 is 13.0 Å². The first-order valence-electron chi connectivity index (χ1n) is 4.89. The summed E-state index contributed by atoms with van der Waals surface area (Å²) in [6.45, 7) is 6.11. The first-order valence-corrected chi connectivity index (χ1v) is 6.33. The van der Waals surface area contributed by atoms with E-state index in [1.807, 2.05) is 6.92 Å². The Morgan fingerprint density at radius 1 is 1.43 bits per heavy atom. The van der Waals surface area contributed by atoms with E-state index in [2.05, 4.69) is 13.8 Å². The number of hydrogen-bond donors (Lipinski definition) is 1. The number of allylic oxidation sites excluding steroid dienone is 2. The summed E-state index contributed by atoms with van der Waals surface area (Å²) in [6.07, 6.45) is 3.64. The molecule has 3 nitrogen and oxygen atoms in total. The molecule has 80 valence electrons. The van der Waals surface area contributed by atoms with Gasteiger partial charge in [-0.15, -0.1) is 0 Å². The minimum Gasteiger partial charge on any atom is -0.282 e. The highest BCUT2D eigenvalue weighted by molar-refractivity contribution is 7.89. The zero-order chi connectivity index (χ0) is 10.8. The van der Waals surface area contributed by atoms with E-state index in [1.54, 1.807) is 6.08 Å². The lowest BCUT2D eigenvalue weighted by molar-refractivity contribution is 0.176. The molecular formula is C10H16O3S. The fraction of sp³-hybridized carbons (Fsp3) is 0.800. The molecule has 2 atom stereocenters. The molecule has 0 spiro atoms. The van der Waals surface area contributed by atoms with Crippen molar-refractivity contribution in [2.75, 3.05) is 0 Å². The van der Waals surface area contributed by atoms with Crippen LogP contribution in [-0.2, 0) is 10.1 Å². The summed E-state index contributed by atoms with van der Waals surface area (Å²) in [7, 11) is -4.00. The Hall–Kier alpha value is -0.350. The fourth-order valence-electron chi connectivity index (χ4n) is 3.01. The smallest absolute Gasteiger partial charge is 0.282 e. The van der Waals surface area contributed by atoms with Gasteiger partial charge >= 0.3 is 0 Å². The summed E-state index contributed by atoms with van der Waals surface area (Å²) in [5, 5.41) is 0. The van der Waals surface area contributed by atoms with Crippen LogP contribution < -0.4 is 0 Å². The molecule has 0 heterocycles. The third kappa shape index (κ3) is 0.984. The van der Waals surface area contributed by atoms with Crippen molar-refractivity contribution in [3.8, 4) is 0 Å². The monoisotopic (exact) mass is 216 g/mol. The standard InChI is InChI=1S/C10H16O3S/c1-9(2)7-4-5-10(9,3)8(6-7)14(11,12)13/h6-7H,4-5H2,1-3H3,(H,11,12,13). The normalized spacial score (nSPS) is 40.0. The molecule has 0 aliphatic heterocycles. The Kier molecular flexibility index (Phi) is 1.76. The maximum absolute atomic E-state index is 11.2. The molecule has 2 bridgehead atoms. The minimum absolute atomic E-state index is 0.0435. The van der Waals surface area contributed by atoms with E-state index in [0.29, 0.717) is 5.92 Å². The van der Waals surface area contributed by atoms with E-state index in [4.69, 9.17) is 4.55 Å². The molecule has 0 amide bonds. The first-order chi connectivity index (χ1) is 6.19. The highest BCUT2D eigenvalue weighted by atomic mass is 32.2. The molecule has 4 heteroatoms. The highest BCUT2D eigenvalue weighted by Gasteiger charge is 2.60. The predicted octanol–water partition coefficient (Wildman–Crippen LogP) is 2.21. The predicted molar refractivity (Wildman–Crippen MR) is 54.2 cm³/mol. The molecule has 1 N–H and O–H groups in total. The first kappa shape index (κ1) is 10.2. The molecule has 0 radical (unpaired) electrons. The van der Waals surface area contributed by atoms with Gasteiger partial charge in [0.1, 0.15) is 0 Å². The van der Waals surface area contributed by atoms with Crippen molar-refractivity contribution in [3.05, 3.63) is 11.0 Å².